The number of likely N-dealkylation sites (tertiary alicyclic amines) is 1. The maximum absolute atomic E-state index is 12.9. The Hall–Kier alpha value is -2.24. The third kappa shape index (κ3) is 5.64. The molecule has 5 nitrogen and oxygen atoms in total. The van der Waals surface area contributed by atoms with Gasteiger partial charge in [-0.3, -0.25) is 9.69 Å². The number of rotatable bonds is 8. The minimum atomic E-state index is -0.997. The first-order valence-corrected chi connectivity index (χ1v) is 10.4. The predicted molar refractivity (Wildman–Crippen MR) is 116 cm³/mol. The molecule has 0 spiro atoms. The van der Waals surface area contributed by atoms with Gasteiger partial charge in [0.1, 0.15) is 11.5 Å². The average Bonchev–Trinajstić information content (AvgIpc) is 3.24. The third-order valence-electron chi connectivity index (χ3n) is 5.27. The van der Waals surface area contributed by atoms with Crippen LogP contribution in [-0.4, -0.2) is 43.2 Å². The Morgan fingerprint density at radius 3 is 2.24 bits per heavy atom. The van der Waals surface area contributed by atoms with Crippen LogP contribution in [0.4, 0.5) is 0 Å². The number of carbonyl (C=O) groups is 1. The molecule has 0 bridgehead atoms. The summed E-state index contributed by atoms with van der Waals surface area (Å²) in [5.74, 6) is 1.29. The summed E-state index contributed by atoms with van der Waals surface area (Å²) in [4.78, 5) is 15.3. The second kappa shape index (κ2) is 9.51. The number of nitrogens with one attached hydrogen (secondary N) is 1. The van der Waals surface area contributed by atoms with Gasteiger partial charge in [-0.2, -0.15) is 0 Å². The van der Waals surface area contributed by atoms with E-state index < -0.39 is 5.60 Å². The molecule has 1 aliphatic heterocycles. The maximum Gasteiger partial charge on any atom is 0.263 e. The fraction of sp³-hybridized carbons (Fsp3) is 0.435. The Morgan fingerprint density at radius 1 is 1.07 bits per heavy atom. The predicted octanol–water partition coefficient (Wildman–Crippen LogP) is 4.46. The van der Waals surface area contributed by atoms with Gasteiger partial charge in [-0.1, -0.05) is 23.7 Å². The number of nitrogens with zero attached hydrogens (tertiary/aromatic N) is 1. The van der Waals surface area contributed by atoms with Gasteiger partial charge in [0.2, 0.25) is 0 Å². The quantitative estimate of drug-likeness (QED) is 0.690. The molecule has 1 fully saturated rings. The van der Waals surface area contributed by atoms with Gasteiger partial charge in [0.05, 0.1) is 13.2 Å². The first-order chi connectivity index (χ1) is 13.9. The van der Waals surface area contributed by atoms with E-state index in [0.717, 1.165) is 18.8 Å². The second-order valence-electron chi connectivity index (χ2n) is 7.81. The van der Waals surface area contributed by atoms with E-state index in [9.17, 15) is 4.79 Å². The van der Waals surface area contributed by atoms with Gasteiger partial charge in [0.15, 0.2) is 5.60 Å². The molecule has 1 amide bonds. The van der Waals surface area contributed by atoms with Gasteiger partial charge in [-0.25, -0.2) is 0 Å². The van der Waals surface area contributed by atoms with Crippen LogP contribution in [0.2, 0.25) is 5.02 Å². The lowest BCUT2D eigenvalue weighted by atomic mass is 10.0. The van der Waals surface area contributed by atoms with Crippen molar-refractivity contribution in [2.75, 3.05) is 26.7 Å². The van der Waals surface area contributed by atoms with E-state index in [0.29, 0.717) is 17.3 Å². The van der Waals surface area contributed by atoms with E-state index in [1.54, 1.807) is 45.2 Å². The lowest BCUT2D eigenvalue weighted by molar-refractivity contribution is -0.134. The van der Waals surface area contributed by atoms with Crippen molar-refractivity contribution in [1.82, 2.24) is 10.2 Å². The third-order valence-corrected chi connectivity index (χ3v) is 5.52. The fourth-order valence-electron chi connectivity index (χ4n) is 3.58. The number of methoxy groups -OCH3 is 1. The minimum Gasteiger partial charge on any atom is -0.497 e. The molecule has 0 aliphatic carbocycles. The number of amides is 1. The van der Waals surface area contributed by atoms with Crippen molar-refractivity contribution in [3.63, 3.8) is 0 Å². The van der Waals surface area contributed by atoms with E-state index in [-0.39, 0.29) is 11.9 Å². The Balaban J connectivity index is 1.67. The second-order valence-corrected chi connectivity index (χ2v) is 8.24. The Bertz CT molecular complexity index is 800. The van der Waals surface area contributed by atoms with Gasteiger partial charge in [-0.15, -0.1) is 0 Å². The van der Waals surface area contributed by atoms with Crippen LogP contribution in [0.25, 0.3) is 0 Å². The molecule has 0 unspecified atom stereocenters. The molecule has 6 heteroatoms. The maximum atomic E-state index is 12.9. The normalized spacial score (nSPS) is 15.7. The summed E-state index contributed by atoms with van der Waals surface area (Å²) in [5.41, 5.74) is 0.174. The highest BCUT2D eigenvalue weighted by Crippen LogP contribution is 2.27. The summed E-state index contributed by atoms with van der Waals surface area (Å²) < 4.78 is 11.2. The highest BCUT2D eigenvalue weighted by atomic mass is 35.5. The van der Waals surface area contributed by atoms with Crippen molar-refractivity contribution in [1.29, 1.82) is 0 Å². The summed E-state index contributed by atoms with van der Waals surface area (Å²) in [7, 11) is 1.66. The van der Waals surface area contributed by atoms with Crippen LogP contribution in [0.1, 0.15) is 38.3 Å². The van der Waals surface area contributed by atoms with Gasteiger partial charge in [0.25, 0.3) is 5.91 Å². The molecule has 0 saturated carbocycles. The van der Waals surface area contributed by atoms with Crippen LogP contribution >= 0.6 is 11.6 Å². The molecule has 1 N–H and O–H groups in total. The van der Waals surface area contributed by atoms with Crippen molar-refractivity contribution >= 4 is 17.5 Å². The molecule has 156 valence electrons. The molecular formula is C23H29ClN2O3. The molecule has 2 aromatic rings. The summed E-state index contributed by atoms with van der Waals surface area (Å²) in [6.45, 7) is 6.15. The Morgan fingerprint density at radius 2 is 1.66 bits per heavy atom. The topological polar surface area (TPSA) is 50.8 Å². The molecule has 2 aromatic carbocycles. The highest BCUT2D eigenvalue weighted by Gasteiger charge is 2.31. The number of hydrogen-bond donors (Lipinski definition) is 1. The molecule has 0 aromatic heterocycles. The summed E-state index contributed by atoms with van der Waals surface area (Å²) in [6, 6.07) is 15.2. The molecule has 29 heavy (non-hydrogen) atoms. The standard InChI is InChI=1S/C23H29ClN2O3/c1-23(2,29-20-12-8-18(24)9-13-20)22(27)25-16-21(26-14-4-5-15-26)17-6-10-19(28-3)11-7-17/h6-13,21H,4-5,14-16H2,1-3H3,(H,25,27)/t21-/m1/s1. The van der Waals surface area contributed by atoms with Gasteiger partial charge >= 0.3 is 0 Å². The zero-order chi connectivity index (χ0) is 20.9. The number of ether oxygens (including phenoxy) is 2. The van der Waals surface area contributed by atoms with Gasteiger partial charge in [-0.05, 0) is 81.7 Å². The molecule has 3 rings (SSSR count). The van der Waals surface area contributed by atoms with Crippen LogP contribution < -0.4 is 14.8 Å². The molecule has 0 radical (unpaired) electrons. The Labute approximate surface area is 177 Å². The molecule has 1 atom stereocenters. The summed E-state index contributed by atoms with van der Waals surface area (Å²) in [5, 5.41) is 3.73. The van der Waals surface area contributed by atoms with Crippen molar-refractivity contribution in [2.45, 2.75) is 38.3 Å². The van der Waals surface area contributed by atoms with Crippen LogP contribution in [-0.2, 0) is 4.79 Å². The van der Waals surface area contributed by atoms with Crippen LogP contribution in [0.5, 0.6) is 11.5 Å². The molecular weight excluding hydrogens is 388 g/mol. The van der Waals surface area contributed by atoms with Crippen LogP contribution in [0.15, 0.2) is 48.5 Å². The van der Waals surface area contributed by atoms with Crippen molar-refractivity contribution in [3.8, 4) is 11.5 Å². The molecule has 1 heterocycles. The monoisotopic (exact) mass is 416 g/mol. The van der Waals surface area contributed by atoms with Crippen molar-refractivity contribution in [3.05, 3.63) is 59.1 Å². The van der Waals surface area contributed by atoms with E-state index in [1.165, 1.54) is 18.4 Å². The number of hydrogen-bond acceptors (Lipinski definition) is 4. The SMILES string of the molecule is COc1ccc([C@@H](CNC(=O)C(C)(C)Oc2ccc(Cl)cc2)N2CCCC2)cc1. The van der Waals surface area contributed by atoms with Crippen LogP contribution in [0.3, 0.4) is 0 Å². The lowest BCUT2D eigenvalue weighted by Crippen LogP contribution is -2.48. The summed E-state index contributed by atoms with van der Waals surface area (Å²) >= 11 is 5.92. The smallest absolute Gasteiger partial charge is 0.263 e. The minimum absolute atomic E-state index is 0.124. The van der Waals surface area contributed by atoms with E-state index in [1.807, 2.05) is 12.1 Å². The lowest BCUT2D eigenvalue weighted by Gasteiger charge is -2.31. The zero-order valence-electron chi connectivity index (χ0n) is 17.3. The van der Waals surface area contributed by atoms with Crippen molar-refractivity contribution < 1.29 is 14.3 Å². The number of carbonyl (C=O) groups excluding carboxylic acids is 1. The van der Waals surface area contributed by atoms with Gasteiger partial charge < -0.3 is 14.8 Å². The van der Waals surface area contributed by atoms with Crippen LogP contribution in [0, 0.1) is 0 Å². The first kappa shape index (κ1) is 21.5. The molecule has 1 aliphatic rings. The number of benzene rings is 2. The summed E-state index contributed by atoms with van der Waals surface area (Å²) in [6.07, 6.45) is 2.37. The zero-order valence-corrected chi connectivity index (χ0v) is 18.0. The Kier molecular flexibility index (Phi) is 7.04. The van der Waals surface area contributed by atoms with E-state index >= 15 is 0 Å². The first-order valence-electron chi connectivity index (χ1n) is 10.00. The van der Waals surface area contributed by atoms with Crippen molar-refractivity contribution in [2.24, 2.45) is 0 Å². The average molecular weight is 417 g/mol. The van der Waals surface area contributed by atoms with E-state index in [4.69, 9.17) is 21.1 Å². The van der Waals surface area contributed by atoms with Gasteiger partial charge in [0, 0.05) is 11.6 Å². The fourth-order valence-corrected chi connectivity index (χ4v) is 3.71. The van der Waals surface area contributed by atoms with E-state index in [2.05, 4.69) is 22.3 Å². The number of halogens is 1. The highest BCUT2D eigenvalue weighted by molar-refractivity contribution is 6.30. The molecule has 1 saturated heterocycles. The largest absolute Gasteiger partial charge is 0.497 e.